The zero-order valence-electron chi connectivity index (χ0n) is 16.7. The number of likely N-dealkylation sites (tertiary alicyclic amines) is 1. The Hall–Kier alpha value is -2.45. The first-order valence-corrected chi connectivity index (χ1v) is 10.6. The van der Waals surface area contributed by atoms with Crippen LogP contribution in [-0.2, 0) is 0 Å². The molecule has 2 fully saturated rings. The van der Waals surface area contributed by atoms with E-state index in [2.05, 4.69) is 57.8 Å². The van der Waals surface area contributed by atoms with E-state index in [1.807, 2.05) is 7.05 Å². The first-order valence-electron chi connectivity index (χ1n) is 10.6. The van der Waals surface area contributed by atoms with Gasteiger partial charge in [0.2, 0.25) is 0 Å². The molecule has 4 rings (SSSR count). The molecular weight excluding hydrogens is 346 g/mol. The van der Waals surface area contributed by atoms with Crippen LogP contribution in [0.1, 0.15) is 50.1 Å². The van der Waals surface area contributed by atoms with Gasteiger partial charge in [-0.2, -0.15) is 0 Å². The molecule has 4 N–H and O–H groups in total. The number of rotatable bonds is 2. The minimum atomic E-state index is -0.0494. The van der Waals surface area contributed by atoms with Crippen LogP contribution < -0.4 is 16.4 Å². The van der Waals surface area contributed by atoms with Crippen molar-refractivity contribution in [2.45, 2.75) is 50.6 Å². The van der Waals surface area contributed by atoms with Gasteiger partial charge in [-0.1, -0.05) is 36.8 Å². The van der Waals surface area contributed by atoms with Gasteiger partial charge in [-0.25, -0.2) is 4.99 Å². The lowest BCUT2D eigenvalue weighted by Gasteiger charge is -2.34. The van der Waals surface area contributed by atoms with Crippen LogP contribution in [0.25, 0.3) is 0 Å². The summed E-state index contributed by atoms with van der Waals surface area (Å²) in [4.78, 5) is 7.40. The van der Waals surface area contributed by atoms with Crippen LogP contribution in [0.3, 0.4) is 0 Å². The highest BCUT2D eigenvalue weighted by molar-refractivity contribution is 5.83. The number of guanidine groups is 1. The number of hydrogen-bond acceptors (Lipinski definition) is 5. The van der Waals surface area contributed by atoms with E-state index >= 15 is 0 Å². The van der Waals surface area contributed by atoms with Gasteiger partial charge in [0.05, 0.1) is 0 Å². The molecule has 1 saturated carbocycles. The molecule has 0 bridgehead atoms. The van der Waals surface area contributed by atoms with Crippen molar-refractivity contribution in [1.29, 1.82) is 0 Å². The molecule has 5 heteroatoms. The normalized spacial score (nSPS) is 23.4. The van der Waals surface area contributed by atoms with Crippen molar-refractivity contribution in [3.8, 4) is 11.8 Å². The number of aliphatic imine (C=N–C) groups is 1. The highest BCUT2D eigenvalue weighted by atomic mass is 15.3. The van der Waals surface area contributed by atoms with Crippen LogP contribution >= 0.6 is 0 Å². The summed E-state index contributed by atoms with van der Waals surface area (Å²) in [6, 6.07) is 8.78. The van der Waals surface area contributed by atoms with Crippen molar-refractivity contribution in [3.05, 3.63) is 41.6 Å². The van der Waals surface area contributed by atoms with Crippen molar-refractivity contribution in [3.63, 3.8) is 0 Å². The Bertz CT molecular complexity index is 785. The second-order valence-electron chi connectivity index (χ2n) is 8.05. The zero-order chi connectivity index (χ0) is 19.3. The molecule has 1 unspecified atom stereocenters. The molecule has 0 aromatic heterocycles. The molecule has 0 spiro atoms. The molecule has 28 heavy (non-hydrogen) atoms. The maximum atomic E-state index is 6.07. The SMILES string of the molecule is CNc1ccc(C2N=C(N3CCC(N)CC3)NC=C2C#CC2CCCC2)cc1. The summed E-state index contributed by atoms with van der Waals surface area (Å²) in [7, 11) is 1.94. The third-order valence-corrected chi connectivity index (χ3v) is 6.03. The molecule has 1 saturated heterocycles. The number of anilines is 1. The first kappa shape index (κ1) is 18.9. The maximum Gasteiger partial charge on any atom is 0.199 e. The molecule has 3 aliphatic rings. The molecule has 0 radical (unpaired) electrons. The summed E-state index contributed by atoms with van der Waals surface area (Å²) >= 11 is 0. The average Bonchev–Trinajstić information content (AvgIpc) is 3.26. The van der Waals surface area contributed by atoms with E-state index in [4.69, 9.17) is 10.7 Å². The first-order chi connectivity index (χ1) is 13.7. The van der Waals surface area contributed by atoms with Crippen LogP contribution in [0.4, 0.5) is 5.69 Å². The van der Waals surface area contributed by atoms with E-state index in [1.165, 1.54) is 31.2 Å². The minimum absolute atomic E-state index is 0.0494. The van der Waals surface area contributed by atoms with Gasteiger partial charge >= 0.3 is 0 Å². The Kier molecular flexibility index (Phi) is 5.87. The zero-order valence-corrected chi connectivity index (χ0v) is 16.7. The van der Waals surface area contributed by atoms with E-state index < -0.39 is 0 Å². The van der Waals surface area contributed by atoms with Gasteiger partial charge in [0, 0.05) is 49.6 Å². The Balaban J connectivity index is 1.58. The van der Waals surface area contributed by atoms with E-state index in [0.29, 0.717) is 12.0 Å². The Morgan fingerprint density at radius 1 is 1.11 bits per heavy atom. The summed E-state index contributed by atoms with van der Waals surface area (Å²) in [5.41, 5.74) is 9.41. The van der Waals surface area contributed by atoms with Gasteiger partial charge < -0.3 is 21.3 Å². The fourth-order valence-electron chi connectivity index (χ4n) is 4.18. The van der Waals surface area contributed by atoms with Crippen LogP contribution in [0.15, 0.2) is 41.0 Å². The number of benzene rings is 1. The molecule has 1 aliphatic carbocycles. The fourth-order valence-corrected chi connectivity index (χ4v) is 4.18. The lowest BCUT2D eigenvalue weighted by atomic mass is 9.97. The second-order valence-corrected chi connectivity index (χ2v) is 8.05. The van der Waals surface area contributed by atoms with Crippen molar-refractivity contribution in [2.24, 2.45) is 16.6 Å². The summed E-state index contributed by atoms with van der Waals surface area (Å²) < 4.78 is 0. The molecule has 148 valence electrons. The van der Waals surface area contributed by atoms with E-state index in [1.54, 1.807) is 0 Å². The van der Waals surface area contributed by atoms with Crippen molar-refractivity contribution < 1.29 is 0 Å². The molecule has 1 aromatic carbocycles. The number of nitrogens with two attached hydrogens (primary N) is 1. The van der Waals surface area contributed by atoms with Crippen molar-refractivity contribution in [2.75, 3.05) is 25.5 Å². The second kappa shape index (κ2) is 8.70. The smallest absolute Gasteiger partial charge is 0.199 e. The molecule has 1 aromatic rings. The van der Waals surface area contributed by atoms with Gasteiger partial charge in [0.15, 0.2) is 5.96 Å². The third kappa shape index (κ3) is 4.34. The monoisotopic (exact) mass is 377 g/mol. The van der Waals surface area contributed by atoms with Crippen LogP contribution in [0.5, 0.6) is 0 Å². The number of hydrogen-bond donors (Lipinski definition) is 3. The molecule has 5 nitrogen and oxygen atoms in total. The van der Waals surface area contributed by atoms with Gasteiger partial charge in [0.25, 0.3) is 0 Å². The van der Waals surface area contributed by atoms with Crippen LogP contribution in [-0.4, -0.2) is 37.0 Å². The Labute approximate surface area is 168 Å². The average molecular weight is 378 g/mol. The van der Waals surface area contributed by atoms with E-state index in [-0.39, 0.29) is 6.04 Å². The number of nitrogens with one attached hydrogen (secondary N) is 2. The van der Waals surface area contributed by atoms with Crippen LogP contribution in [0, 0.1) is 17.8 Å². The predicted octanol–water partition coefficient (Wildman–Crippen LogP) is 3.23. The highest BCUT2D eigenvalue weighted by Gasteiger charge is 2.25. The summed E-state index contributed by atoms with van der Waals surface area (Å²) in [6.45, 7) is 1.91. The number of nitrogens with zero attached hydrogens (tertiary/aromatic N) is 2. The van der Waals surface area contributed by atoms with Gasteiger partial charge in [0.1, 0.15) is 6.04 Å². The number of piperidine rings is 1. The summed E-state index contributed by atoms with van der Waals surface area (Å²) in [5.74, 6) is 8.45. The quantitative estimate of drug-likeness (QED) is 0.693. The maximum absolute atomic E-state index is 6.07. The largest absolute Gasteiger partial charge is 0.388 e. The molecule has 1 atom stereocenters. The van der Waals surface area contributed by atoms with Crippen LogP contribution in [0.2, 0.25) is 0 Å². The molecule has 0 amide bonds. The lowest BCUT2D eigenvalue weighted by Crippen LogP contribution is -2.48. The van der Waals surface area contributed by atoms with Crippen molar-refractivity contribution >= 4 is 11.6 Å². The van der Waals surface area contributed by atoms with Gasteiger partial charge in [-0.3, -0.25) is 0 Å². The topological polar surface area (TPSA) is 65.7 Å². The predicted molar refractivity (Wildman–Crippen MR) is 116 cm³/mol. The molecule has 2 aliphatic heterocycles. The Morgan fingerprint density at radius 2 is 1.82 bits per heavy atom. The van der Waals surface area contributed by atoms with Gasteiger partial charge in [-0.05, 0) is 43.4 Å². The third-order valence-electron chi connectivity index (χ3n) is 6.03. The molecule has 2 heterocycles. The minimum Gasteiger partial charge on any atom is -0.388 e. The Morgan fingerprint density at radius 3 is 2.50 bits per heavy atom. The summed E-state index contributed by atoms with van der Waals surface area (Å²) in [6.07, 6.45) is 9.18. The van der Waals surface area contributed by atoms with Crippen molar-refractivity contribution in [1.82, 2.24) is 10.2 Å². The lowest BCUT2D eigenvalue weighted by molar-refractivity contribution is 0.305. The standard InChI is InChI=1S/C23H31N5/c1-25-21-10-8-18(9-11-21)22-19(7-6-17-4-2-3-5-17)16-26-23(27-22)28-14-12-20(24)13-15-28/h8-11,16-17,20,22,25H,2-5,12-15,24H2,1H3,(H,26,27). The van der Waals surface area contributed by atoms with E-state index in [9.17, 15) is 0 Å². The fraction of sp³-hybridized carbons (Fsp3) is 0.522. The summed E-state index contributed by atoms with van der Waals surface area (Å²) in [5, 5.41) is 6.59. The highest BCUT2D eigenvalue weighted by Crippen LogP contribution is 2.30. The van der Waals surface area contributed by atoms with Gasteiger partial charge in [-0.15, -0.1) is 0 Å². The van der Waals surface area contributed by atoms with E-state index in [0.717, 1.165) is 43.2 Å². The molecular formula is C23H31N5.